The molecule has 1 saturated heterocycles. The van der Waals surface area contributed by atoms with E-state index in [0.717, 1.165) is 37.2 Å². The van der Waals surface area contributed by atoms with Crippen LogP contribution in [0.3, 0.4) is 0 Å². The number of hydrogen-bond acceptors (Lipinski definition) is 3. The number of hydrogen-bond donors (Lipinski definition) is 2. The lowest BCUT2D eigenvalue weighted by molar-refractivity contribution is 0.104. The van der Waals surface area contributed by atoms with Crippen LogP contribution in [0.2, 0.25) is 0 Å². The predicted octanol–water partition coefficient (Wildman–Crippen LogP) is 3.16. The van der Waals surface area contributed by atoms with Gasteiger partial charge in [-0.25, -0.2) is 4.98 Å². The van der Waals surface area contributed by atoms with E-state index in [1.54, 1.807) is 0 Å². The zero-order chi connectivity index (χ0) is 15.6. The molecule has 122 valence electrons. The maximum absolute atomic E-state index is 10.5. The highest BCUT2D eigenvalue weighted by Gasteiger charge is 2.31. The molecular weight excluding hydrogens is 286 g/mol. The molecule has 0 radical (unpaired) electrons. The Morgan fingerprint density at radius 2 is 2.00 bits per heavy atom. The van der Waals surface area contributed by atoms with E-state index in [0.29, 0.717) is 12.6 Å². The van der Waals surface area contributed by atoms with Gasteiger partial charge in [0.2, 0.25) is 0 Å². The predicted molar refractivity (Wildman–Crippen MR) is 90.2 cm³/mol. The second-order valence-corrected chi connectivity index (χ2v) is 6.83. The Morgan fingerprint density at radius 3 is 2.83 bits per heavy atom. The molecule has 23 heavy (non-hydrogen) atoms. The minimum Gasteiger partial charge on any atom is -0.387 e. The molecule has 0 saturated carbocycles. The van der Waals surface area contributed by atoms with Gasteiger partial charge in [-0.3, -0.25) is 4.90 Å². The summed E-state index contributed by atoms with van der Waals surface area (Å²) in [5.74, 6) is 1.12. The zero-order valence-electron chi connectivity index (χ0n) is 13.5. The van der Waals surface area contributed by atoms with Crippen LogP contribution in [0.5, 0.6) is 0 Å². The summed E-state index contributed by atoms with van der Waals surface area (Å²) < 4.78 is 0. The fourth-order valence-corrected chi connectivity index (χ4v) is 3.99. The maximum atomic E-state index is 10.5. The Hall–Kier alpha value is -1.65. The molecule has 1 fully saturated rings. The molecule has 1 aromatic carbocycles. The molecule has 2 N–H and O–H groups in total. The van der Waals surface area contributed by atoms with E-state index in [4.69, 9.17) is 4.98 Å². The molecule has 1 aliphatic heterocycles. The van der Waals surface area contributed by atoms with Crippen molar-refractivity contribution in [1.29, 1.82) is 0 Å². The fourth-order valence-electron chi connectivity index (χ4n) is 3.99. The van der Waals surface area contributed by atoms with E-state index in [2.05, 4.69) is 9.88 Å². The summed E-state index contributed by atoms with van der Waals surface area (Å²) in [5.41, 5.74) is 3.63. The number of rotatable bonds is 4. The standard InChI is InChI=1S/C19H25N3O/c23-18(14-7-2-1-3-8-14)13-22-12-6-11-17(22)19-20-15-9-4-5-10-16(15)21-19/h1-3,7-8,17-18,23H,4-6,9-13H2,(H,20,21)/t17-,18+/m1/s1. The number of nitrogens with one attached hydrogen (secondary N) is 1. The van der Waals surface area contributed by atoms with Crippen molar-refractivity contribution in [2.45, 2.75) is 50.7 Å². The van der Waals surface area contributed by atoms with Crippen molar-refractivity contribution in [1.82, 2.24) is 14.9 Å². The molecule has 0 amide bonds. The summed E-state index contributed by atoms with van der Waals surface area (Å²) in [4.78, 5) is 10.9. The van der Waals surface area contributed by atoms with Crippen LogP contribution in [0.4, 0.5) is 0 Å². The van der Waals surface area contributed by atoms with Gasteiger partial charge in [0.1, 0.15) is 5.82 Å². The normalized spacial score (nSPS) is 22.9. The van der Waals surface area contributed by atoms with E-state index < -0.39 is 6.10 Å². The second-order valence-electron chi connectivity index (χ2n) is 6.83. The van der Waals surface area contributed by atoms with E-state index in [1.165, 1.54) is 30.7 Å². The van der Waals surface area contributed by atoms with Crippen molar-refractivity contribution in [2.24, 2.45) is 0 Å². The third-order valence-corrected chi connectivity index (χ3v) is 5.24. The van der Waals surface area contributed by atoms with Crippen molar-refractivity contribution in [3.8, 4) is 0 Å². The molecule has 0 unspecified atom stereocenters. The summed E-state index contributed by atoms with van der Waals surface area (Å²) >= 11 is 0. The summed E-state index contributed by atoms with van der Waals surface area (Å²) in [7, 11) is 0. The number of aliphatic hydroxyl groups excluding tert-OH is 1. The maximum Gasteiger partial charge on any atom is 0.124 e. The topological polar surface area (TPSA) is 52.1 Å². The first-order valence-electron chi connectivity index (χ1n) is 8.86. The molecule has 0 bridgehead atoms. The molecule has 2 heterocycles. The van der Waals surface area contributed by atoms with E-state index in [1.807, 2.05) is 30.3 Å². The minimum absolute atomic E-state index is 0.332. The number of β-amino-alcohol motifs (C(OH)–C–C–N with tert-alkyl or cyclic N) is 1. The third kappa shape index (κ3) is 3.06. The Balaban J connectivity index is 1.49. The molecule has 1 aromatic heterocycles. The van der Waals surface area contributed by atoms with Gasteiger partial charge in [0.15, 0.2) is 0 Å². The molecular formula is C19H25N3O. The largest absolute Gasteiger partial charge is 0.387 e. The van der Waals surface area contributed by atoms with Crippen molar-refractivity contribution in [2.75, 3.05) is 13.1 Å². The first-order chi connectivity index (χ1) is 11.3. The van der Waals surface area contributed by atoms with E-state index in [-0.39, 0.29) is 0 Å². The smallest absolute Gasteiger partial charge is 0.124 e. The third-order valence-electron chi connectivity index (χ3n) is 5.24. The SMILES string of the molecule is O[C@@H](CN1CCC[C@@H]1c1nc2c([nH]1)CCCC2)c1ccccc1. The lowest BCUT2D eigenvalue weighted by atomic mass is 10.0. The van der Waals surface area contributed by atoms with Crippen LogP contribution in [-0.2, 0) is 12.8 Å². The van der Waals surface area contributed by atoms with Crippen LogP contribution in [0.15, 0.2) is 30.3 Å². The Morgan fingerprint density at radius 1 is 1.17 bits per heavy atom. The van der Waals surface area contributed by atoms with Crippen LogP contribution < -0.4 is 0 Å². The second kappa shape index (κ2) is 6.46. The molecule has 0 spiro atoms. The Labute approximate surface area is 137 Å². The number of likely N-dealkylation sites (tertiary alicyclic amines) is 1. The molecule has 1 aliphatic carbocycles. The monoisotopic (exact) mass is 311 g/mol. The minimum atomic E-state index is -0.429. The Kier molecular flexibility index (Phi) is 4.19. The van der Waals surface area contributed by atoms with Gasteiger partial charge in [-0.2, -0.15) is 0 Å². The quantitative estimate of drug-likeness (QED) is 0.912. The van der Waals surface area contributed by atoms with Gasteiger partial charge < -0.3 is 10.1 Å². The number of aliphatic hydroxyl groups is 1. The van der Waals surface area contributed by atoms with E-state index in [9.17, 15) is 5.11 Å². The number of aromatic nitrogens is 2. The van der Waals surface area contributed by atoms with Gasteiger partial charge in [0.25, 0.3) is 0 Å². The van der Waals surface area contributed by atoms with Crippen LogP contribution >= 0.6 is 0 Å². The highest BCUT2D eigenvalue weighted by molar-refractivity contribution is 5.20. The number of H-pyrrole nitrogens is 1. The lowest BCUT2D eigenvalue weighted by Gasteiger charge is -2.25. The van der Waals surface area contributed by atoms with Gasteiger partial charge in [0, 0.05) is 12.2 Å². The Bertz CT molecular complexity index is 628. The van der Waals surface area contributed by atoms with Crippen molar-refractivity contribution in [3.05, 3.63) is 53.1 Å². The lowest BCUT2D eigenvalue weighted by Crippen LogP contribution is -2.29. The van der Waals surface area contributed by atoms with Gasteiger partial charge in [-0.15, -0.1) is 0 Å². The van der Waals surface area contributed by atoms with Crippen LogP contribution in [-0.4, -0.2) is 33.1 Å². The average molecular weight is 311 g/mol. The molecule has 4 heteroatoms. The summed E-state index contributed by atoms with van der Waals surface area (Å²) in [6.45, 7) is 1.72. The number of nitrogens with zero attached hydrogens (tertiary/aromatic N) is 2. The van der Waals surface area contributed by atoms with Crippen LogP contribution in [0, 0.1) is 0 Å². The van der Waals surface area contributed by atoms with Crippen molar-refractivity contribution >= 4 is 0 Å². The fraction of sp³-hybridized carbons (Fsp3) is 0.526. The van der Waals surface area contributed by atoms with Crippen LogP contribution in [0.1, 0.15) is 60.6 Å². The summed E-state index contributed by atoms with van der Waals surface area (Å²) in [6.07, 6.45) is 6.67. The molecule has 4 nitrogen and oxygen atoms in total. The van der Waals surface area contributed by atoms with Gasteiger partial charge in [-0.05, 0) is 50.6 Å². The van der Waals surface area contributed by atoms with Crippen molar-refractivity contribution in [3.63, 3.8) is 0 Å². The van der Waals surface area contributed by atoms with E-state index >= 15 is 0 Å². The molecule has 2 aliphatic rings. The van der Waals surface area contributed by atoms with Crippen LogP contribution in [0.25, 0.3) is 0 Å². The number of aryl methyl sites for hydroxylation is 2. The summed E-state index contributed by atoms with van der Waals surface area (Å²) in [5, 5.41) is 10.5. The molecule has 4 rings (SSSR count). The van der Waals surface area contributed by atoms with Gasteiger partial charge in [0.05, 0.1) is 17.8 Å². The number of fused-ring (bicyclic) bond motifs is 1. The molecule has 2 aromatic rings. The number of aromatic amines is 1. The highest BCUT2D eigenvalue weighted by atomic mass is 16.3. The van der Waals surface area contributed by atoms with Gasteiger partial charge in [-0.1, -0.05) is 30.3 Å². The zero-order valence-corrected chi connectivity index (χ0v) is 13.5. The first kappa shape index (κ1) is 14.9. The summed E-state index contributed by atoms with van der Waals surface area (Å²) in [6, 6.07) is 10.3. The van der Waals surface area contributed by atoms with Crippen molar-refractivity contribution < 1.29 is 5.11 Å². The first-order valence-corrected chi connectivity index (χ1v) is 8.86. The average Bonchev–Trinajstić information content (AvgIpc) is 3.21. The highest BCUT2D eigenvalue weighted by Crippen LogP contribution is 2.33. The van der Waals surface area contributed by atoms with Gasteiger partial charge >= 0.3 is 0 Å². The molecule has 2 atom stereocenters. The number of benzene rings is 1. The number of imidazole rings is 1.